The summed E-state index contributed by atoms with van der Waals surface area (Å²) in [4.78, 5) is 11.3. The highest BCUT2D eigenvalue weighted by atomic mass is 16.4. The summed E-state index contributed by atoms with van der Waals surface area (Å²) in [6, 6.07) is 2.32. The molecule has 0 amide bonds. The summed E-state index contributed by atoms with van der Waals surface area (Å²) in [5.74, 6) is -0.0638. The Kier molecular flexibility index (Phi) is 8.28. The first kappa shape index (κ1) is 22.3. The molecule has 0 aromatic rings. The molecule has 0 heterocycles. The van der Waals surface area contributed by atoms with Crippen LogP contribution in [0.1, 0.15) is 64.7 Å². The van der Waals surface area contributed by atoms with Crippen LogP contribution in [0.25, 0.3) is 0 Å². The van der Waals surface area contributed by atoms with Crippen molar-refractivity contribution in [2.45, 2.75) is 70.8 Å². The van der Waals surface area contributed by atoms with Gasteiger partial charge < -0.3 is 10.4 Å². The molecule has 0 bridgehead atoms. The lowest BCUT2D eigenvalue weighted by molar-refractivity contribution is -0.132. The van der Waals surface area contributed by atoms with Crippen LogP contribution in [0.15, 0.2) is 58.7 Å². The van der Waals surface area contributed by atoms with E-state index in [1.807, 2.05) is 12.1 Å². The Morgan fingerprint density at radius 1 is 1.33 bits per heavy atom. The molecule has 0 radical (unpaired) electrons. The van der Waals surface area contributed by atoms with Gasteiger partial charge in [0.25, 0.3) is 0 Å². The minimum absolute atomic E-state index is 0.0889. The maximum absolute atomic E-state index is 11.3. The summed E-state index contributed by atoms with van der Waals surface area (Å²) in [6.45, 7) is 3.32. The fourth-order valence-corrected chi connectivity index (χ4v) is 4.74. The van der Waals surface area contributed by atoms with E-state index in [9.17, 15) is 9.90 Å². The van der Waals surface area contributed by atoms with E-state index in [1.54, 1.807) is 0 Å². The minimum Gasteiger partial charge on any atom is -0.477 e. The van der Waals surface area contributed by atoms with Crippen LogP contribution in [0.2, 0.25) is 0 Å². The van der Waals surface area contributed by atoms with E-state index in [1.165, 1.54) is 36.8 Å². The van der Waals surface area contributed by atoms with Gasteiger partial charge in [0.05, 0.1) is 0 Å². The molecule has 3 atom stereocenters. The summed E-state index contributed by atoms with van der Waals surface area (Å²) in [5, 5.41) is 22.0. The predicted molar refractivity (Wildman–Crippen MR) is 121 cm³/mol. The first-order chi connectivity index (χ1) is 14.6. The first-order valence-electron chi connectivity index (χ1n) is 11.5. The Balaban J connectivity index is 1.55. The summed E-state index contributed by atoms with van der Waals surface area (Å²) in [7, 11) is 0. The molecule has 0 aliphatic heterocycles. The van der Waals surface area contributed by atoms with E-state index in [0.29, 0.717) is 29.9 Å². The molecular weight excluding hydrogens is 372 g/mol. The first-order valence-corrected chi connectivity index (χ1v) is 11.5. The Labute approximate surface area is 180 Å². The van der Waals surface area contributed by atoms with Gasteiger partial charge in [-0.2, -0.15) is 5.26 Å². The molecule has 1 saturated carbocycles. The van der Waals surface area contributed by atoms with Gasteiger partial charge in [0, 0.05) is 6.04 Å². The molecule has 4 heteroatoms. The number of nitrogens with one attached hydrogen (secondary N) is 1. The van der Waals surface area contributed by atoms with Crippen LogP contribution < -0.4 is 5.32 Å². The van der Waals surface area contributed by atoms with Gasteiger partial charge in [-0.3, -0.25) is 0 Å². The second-order valence-corrected chi connectivity index (χ2v) is 8.74. The number of hydrogen-bond donors (Lipinski definition) is 2. The summed E-state index contributed by atoms with van der Waals surface area (Å²) in [5.41, 5.74) is 3.22. The minimum atomic E-state index is -1.11. The van der Waals surface area contributed by atoms with Gasteiger partial charge in [-0.1, -0.05) is 61.8 Å². The molecule has 3 unspecified atom stereocenters. The lowest BCUT2D eigenvalue weighted by Crippen LogP contribution is -2.28. The molecule has 3 aliphatic rings. The van der Waals surface area contributed by atoms with Gasteiger partial charge in [-0.05, 0) is 74.5 Å². The van der Waals surface area contributed by atoms with Gasteiger partial charge in [0.2, 0.25) is 0 Å². The topological polar surface area (TPSA) is 73.1 Å². The Morgan fingerprint density at radius 3 is 2.90 bits per heavy atom. The number of rotatable bonds is 8. The third kappa shape index (κ3) is 6.06. The van der Waals surface area contributed by atoms with E-state index in [4.69, 9.17) is 5.26 Å². The zero-order valence-electron chi connectivity index (χ0n) is 18.1. The second-order valence-electron chi connectivity index (χ2n) is 8.74. The van der Waals surface area contributed by atoms with E-state index in [2.05, 4.69) is 42.6 Å². The van der Waals surface area contributed by atoms with Crippen molar-refractivity contribution in [2.24, 2.45) is 11.8 Å². The molecule has 0 spiro atoms. The maximum Gasteiger partial charge on any atom is 0.346 e. The lowest BCUT2D eigenvalue weighted by Gasteiger charge is -2.33. The average molecular weight is 407 g/mol. The van der Waals surface area contributed by atoms with Crippen LogP contribution in [-0.2, 0) is 4.79 Å². The van der Waals surface area contributed by atoms with Crippen molar-refractivity contribution in [1.29, 1.82) is 5.26 Å². The number of fused-ring (bicyclic) bond motifs is 1. The highest BCUT2D eigenvalue weighted by Crippen LogP contribution is 2.41. The number of aliphatic carboxylic acids is 1. The Morgan fingerprint density at radius 2 is 2.20 bits per heavy atom. The number of carboxylic acid groups (broad SMARTS) is 1. The molecule has 30 heavy (non-hydrogen) atoms. The van der Waals surface area contributed by atoms with Crippen LogP contribution in [0.5, 0.6) is 0 Å². The highest BCUT2D eigenvalue weighted by molar-refractivity contribution is 5.92. The summed E-state index contributed by atoms with van der Waals surface area (Å²) < 4.78 is 0. The quantitative estimate of drug-likeness (QED) is 0.312. The van der Waals surface area contributed by atoms with Crippen molar-refractivity contribution in [3.05, 3.63) is 58.7 Å². The van der Waals surface area contributed by atoms with Crippen molar-refractivity contribution in [1.82, 2.24) is 5.32 Å². The van der Waals surface area contributed by atoms with Crippen LogP contribution in [0, 0.1) is 23.2 Å². The number of carboxylic acids is 1. The number of carbonyl (C=O) groups is 1. The fourth-order valence-electron chi connectivity index (χ4n) is 4.74. The third-order valence-electron chi connectivity index (χ3n) is 6.55. The van der Waals surface area contributed by atoms with Gasteiger partial charge in [0.15, 0.2) is 0 Å². The summed E-state index contributed by atoms with van der Waals surface area (Å²) in [6.07, 6.45) is 23.2. The van der Waals surface area contributed by atoms with E-state index >= 15 is 0 Å². The molecule has 1 fully saturated rings. The third-order valence-corrected chi connectivity index (χ3v) is 6.55. The monoisotopic (exact) mass is 406 g/mol. The molecule has 3 aliphatic carbocycles. The molecule has 0 saturated heterocycles. The van der Waals surface area contributed by atoms with Crippen molar-refractivity contribution >= 4 is 5.97 Å². The van der Waals surface area contributed by atoms with Crippen molar-refractivity contribution in [2.75, 3.05) is 6.54 Å². The number of nitrogens with zero attached hydrogens (tertiary/aromatic N) is 1. The van der Waals surface area contributed by atoms with Crippen molar-refractivity contribution < 1.29 is 9.90 Å². The molecular formula is C26H34N2O2. The van der Waals surface area contributed by atoms with Gasteiger partial charge >= 0.3 is 5.97 Å². The van der Waals surface area contributed by atoms with Crippen LogP contribution >= 0.6 is 0 Å². The normalized spacial score (nSPS) is 27.8. The maximum atomic E-state index is 11.3. The van der Waals surface area contributed by atoms with Gasteiger partial charge in [0.1, 0.15) is 11.6 Å². The standard InChI is InChI=1S/C26H34N2O2/c1-2-3-4-15-28-24-13-8-19(9-14-24)5-6-20-7-10-21-11-12-22(17-23(21)16-20)25(18-27)26(29)30/h5-6,8-9,13,17,20-21,24,28H,2-4,7,10-12,14-16H2,1H3,(H,29,30)/b6-5+,25-22+. The number of allylic oxidation sites excluding steroid dienone is 7. The van der Waals surface area contributed by atoms with Crippen LogP contribution in [0.4, 0.5) is 0 Å². The van der Waals surface area contributed by atoms with E-state index in [-0.39, 0.29) is 5.57 Å². The zero-order valence-corrected chi connectivity index (χ0v) is 18.1. The second kappa shape index (κ2) is 11.1. The molecule has 0 aromatic carbocycles. The highest BCUT2D eigenvalue weighted by Gasteiger charge is 2.28. The molecule has 3 rings (SSSR count). The SMILES string of the molecule is CCCCCNC1C=CC(/C=C/C2CCC3CC/C(=C(/C#N)C(=O)O)C=C3C2)=CC1. The van der Waals surface area contributed by atoms with Gasteiger partial charge in [-0.25, -0.2) is 4.79 Å². The number of nitriles is 1. The largest absolute Gasteiger partial charge is 0.477 e. The lowest BCUT2D eigenvalue weighted by atomic mass is 9.72. The van der Waals surface area contributed by atoms with Crippen molar-refractivity contribution in [3.63, 3.8) is 0 Å². The molecule has 2 N–H and O–H groups in total. The molecule has 4 nitrogen and oxygen atoms in total. The van der Waals surface area contributed by atoms with E-state index in [0.717, 1.165) is 32.2 Å². The number of hydrogen-bond acceptors (Lipinski definition) is 3. The summed E-state index contributed by atoms with van der Waals surface area (Å²) >= 11 is 0. The zero-order chi connectivity index (χ0) is 21.3. The fraction of sp³-hybridized carbons (Fsp3) is 0.538. The Bertz CT molecular complexity index is 822. The van der Waals surface area contributed by atoms with Gasteiger partial charge in [-0.15, -0.1) is 0 Å². The van der Waals surface area contributed by atoms with Crippen LogP contribution in [-0.4, -0.2) is 23.7 Å². The smallest absolute Gasteiger partial charge is 0.346 e. The average Bonchev–Trinajstić information content (AvgIpc) is 2.76. The Hall–Kier alpha value is -2.38. The van der Waals surface area contributed by atoms with E-state index < -0.39 is 5.97 Å². The molecule has 0 aromatic heterocycles. The molecule has 160 valence electrons. The van der Waals surface area contributed by atoms with Crippen LogP contribution in [0.3, 0.4) is 0 Å². The predicted octanol–water partition coefficient (Wildman–Crippen LogP) is 5.62. The number of unbranched alkanes of at least 4 members (excludes halogenated alkanes) is 2. The van der Waals surface area contributed by atoms with Crippen molar-refractivity contribution in [3.8, 4) is 6.07 Å².